The van der Waals surface area contributed by atoms with Gasteiger partial charge in [0, 0.05) is 10.9 Å². The molecular weight excluding hydrogens is 368 g/mol. The van der Waals surface area contributed by atoms with Gasteiger partial charge in [-0.2, -0.15) is 5.10 Å². The van der Waals surface area contributed by atoms with E-state index in [4.69, 9.17) is 21.1 Å². The van der Waals surface area contributed by atoms with Crippen LogP contribution in [0.25, 0.3) is 6.08 Å². The first kappa shape index (κ1) is 17.3. The molecule has 2 aromatic carbocycles. The summed E-state index contributed by atoms with van der Waals surface area (Å²) in [4.78, 5) is 0. The molecule has 2 aliphatic rings. The summed E-state index contributed by atoms with van der Waals surface area (Å²) in [5, 5.41) is 8.08. The number of anilines is 1. The fraction of sp³-hybridized carbons (Fsp3) is 0.208. The minimum absolute atomic E-state index is 0.103. The van der Waals surface area contributed by atoms with Crippen LogP contribution in [0.4, 0.5) is 5.69 Å². The second-order valence-electron chi connectivity index (χ2n) is 7.32. The zero-order valence-electron chi connectivity index (χ0n) is 15.5. The first-order valence-corrected chi connectivity index (χ1v) is 10.1. The molecule has 28 heavy (non-hydrogen) atoms. The van der Waals surface area contributed by atoms with Crippen molar-refractivity contribution < 1.29 is 4.42 Å². The molecule has 0 unspecified atom stereocenters. The molecule has 1 aromatic heterocycles. The molecule has 1 fully saturated rings. The maximum Gasteiger partial charge on any atom is 0.126 e. The van der Waals surface area contributed by atoms with E-state index in [2.05, 4.69) is 47.5 Å². The molecule has 140 valence electrons. The molecule has 1 aliphatic carbocycles. The van der Waals surface area contributed by atoms with Crippen LogP contribution in [0.5, 0.6) is 0 Å². The molecule has 1 aliphatic heterocycles. The average molecular weight is 389 g/mol. The Kier molecular flexibility index (Phi) is 4.53. The number of hydrogen-bond donors (Lipinski definition) is 0. The van der Waals surface area contributed by atoms with Gasteiger partial charge < -0.3 is 4.42 Å². The topological polar surface area (TPSA) is 28.7 Å². The molecule has 2 heterocycles. The SMILES string of the molecule is Clc1ccccc1[C@H]1[C@H]2CCC/C(=C\c3ccco3)C2=NN1c1ccccc1. The van der Waals surface area contributed by atoms with Gasteiger partial charge in [-0.25, -0.2) is 0 Å². The molecule has 0 radical (unpaired) electrons. The van der Waals surface area contributed by atoms with Crippen LogP contribution in [-0.2, 0) is 0 Å². The van der Waals surface area contributed by atoms with Gasteiger partial charge in [-0.05, 0) is 66.8 Å². The molecule has 0 amide bonds. The molecule has 2 atom stereocenters. The molecule has 0 saturated heterocycles. The monoisotopic (exact) mass is 388 g/mol. The van der Waals surface area contributed by atoms with E-state index in [-0.39, 0.29) is 6.04 Å². The van der Waals surface area contributed by atoms with Crippen LogP contribution in [0.2, 0.25) is 5.02 Å². The standard InChI is InChI=1S/C24H21ClN2O/c25-22-14-5-4-12-20(22)24-21-13-6-8-17(16-19-11-7-15-28-19)23(21)26-27(24)18-9-2-1-3-10-18/h1-5,7,9-12,14-16,21,24H,6,8,13H2/b17-16+/t21-,24-/m0/s1. The normalized spacial score (nSPS) is 23.0. The Bertz CT molecular complexity index is 1020. The Hall–Kier alpha value is -2.78. The highest BCUT2D eigenvalue weighted by molar-refractivity contribution is 6.31. The number of allylic oxidation sites excluding steroid dienone is 1. The van der Waals surface area contributed by atoms with E-state index < -0.39 is 0 Å². The Balaban J connectivity index is 1.62. The number of nitrogens with zero attached hydrogens (tertiary/aromatic N) is 2. The number of para-hydroxylation sites is 1. The van der Waals surface area contributed by atoms with Crippen molar-refractivity contribution >= 4 is 29.1 Å². The maximum absolute atomic E-state index is 6.63. The molecular formula is C24H21ClN2O. The van der Waals surface area contributed by atoms with E-state index in [9.17, 15) is 0 Å². The summed E-state index contributed by atoms with van der Waals surface area (Å²) in [5.41, 5.74) is 4.65. The van der Waals surface area contributed by atoms with Gasteiger partial charge in [0.25, 0.3) is 0 Å². The number of fused-ring (bicyclic) bond motifs is 1. The molecule has 4 heteroatoms. The minimum Gasteiger partial charge on any atom is -0.465 e. The van der Waals surface area contributed by atoms with Gasteiger partial charge in [0.2, 0.25) is 0 Å². The lowest BCUT2D eigenvalue weighted by molar-refractivity contribution is 0.487. The van der Waals surface area contributed by atoms with Crippen molar-refractivity contribution in [1.29, 1.82) is 0 Å². The second kappa shape index (κ2) is 7.33. The highest BCUT2D eigenvalue weighted by Crippen LogP contribution is 2.47. The highest BCUT2D eigenvalue weighted by atomic mass is 35.5. The van der Waals surface area contributed by atoms with Crippen LogP contribution in [0, 0.1) is 5.92 Å². The van der Waals surface area contributed by atoms with E-state index in [1.807, 2.05) is 30.3 Å². The smallest absolute Gasteiger partial charge is 0.126 e. The van der Waals surface area contributed by atoms with Crippen LogP contribution in [0.3, 0.4) is 0 Å². The van der Waals surface area contributed by atoms with Crippen LogP contribution in [0.1, 0.15) is 36.6 Å². The summed E-state index contributed by atoms with van der Waals surface area (Å²) in [7, 11) is 0. The molecule has 3 aromatic rings. The van der Waals surface area contributed by atoms with Crippen molar-refractivity contribution in [3.05, 3.63) is 94.9 Å². The molecule has 0 N–H and O–H groups in total. The van der Waals surface area contributed by atoms with Crippen LogP contribution in [0.15, 0.2) is 88.1 Å². The van der Waals surface area contributed by atoms with Crippen molar-refractivity contribution in [2.45, 2.75) is 25.3 Å². The molecule has 0 bridgehead atoms. The predicted octanol–water partition coefficient (Wildman–Crippen LogP) is 6.73. The summed E-state index contributed by atoms with van der Waals surface area (Å²) in [6, 6.07) is 22.5. The summed E-state index contributed by atoms with van der Waals surface area (Å²) in [6.45, 7) is 0. The van der Waals surface area contributed by atoms with E-state index in [0.717, 1.165) is 47.0 Å². The van der Waals surface area contributed by atoms with Crippen molar-refractivity contribution in [2.24, 2.45) is 11.0 Å². The largest absolute Gasteiger partial charge is 0.465 e. The van der Waals surface area contributed by atoms with Crippen molar-refractivity contribution in [1.82, 2.24) is 0 Å². The third-order valence-corrected chi connectivity index (χ3v) is 5.95. The zero-order valence-corrected chi connectivity index (χ0v) is 16.2. The fourth-order valence-electron chi connectivity index (χ4n) is 4.36. The van der Waals surface area contributed by atoms with Crippen molar-refractivity contribution in [3.8, 4) is 0 Å². The summed E-state index contributed by atoms with van der Waals surface area (Å²) in [6.07, 6.45) is 7.12. The van der Waals surface area contributed by atoms with Crippen LogP contribution < -0.4 is 5.01 Å². The Morgan fingerprint density at radius 2 is 1.82 bits per heavy atom. The quantitative estimate of drug-likeness (QED) is 0.497. The van der Waals surface area contributed by atoms with E-state index in [1.165, 1.54) is 5.57 Å². The first-order chi connectivity index (χ1) is 13.8. The first-order valence-electron chi connectivity index (χ1n) is 9.73. The second-order valence-corrected chi connectivity index (χ2v) is 7.72. The third-order valence-electron chi connectivity index (χ3n) is 5.61. The lowest BCUT2D eigenvalue weighted by Gasteiger charge is -2.31. The number of rotatable bonds is 3. The van der Waals surface area contributed by atoms with E-state index in [0.29, 0.717) is 5.92 Å². The molecule has 1 saturated carbocycles. The molecule has 3 nitrogen and oxygen atoms in total. The van der Waals surface area contributed by atoms with Crippen molar-refractivity contribution in [3.63, 3.8) is 0 Å². The van der Waals surface area contributed by atoms with Gasteiger partial charge in [-0.15, -0.1) is 0 Å². The van der Waals surface area contributed by atoms with Crippen LogP contribution >= 0.6 is 11.6 Å². The van der Waals surface area contributed by atoms with Gasteiger partial charge in [0.15, 0.2) is 0 Å². The van der Waals surface area contributed by atoms with Gasteiger partial charge in [-0.1, -0.05) is 48.0 Å². The molecule has 5 rings (SSSR count). The van der Waals surface area contributed by atoms with E-state index >= 15 is 0 Å². The fourth-order valence-corrected chi connectivity index (χ4v) is 4.61. The summed E-state index contributed by atoms with van der Waals surface area (Å²) in [5.74, 6) is 1.20. The maximum atomic E-state index is 6.63. The van der Waals surface area contributed by atoms with Gasteiger partial charge in [0.05, 0.1) is 23.7 Å². The lowest BCUT2D eigenvalue weighted by Crippen LogP contribution is -2.28. The summed E-state index contributed by atoms with van der Waals surface area (Å²) < 4.78 is 5.56. The Morgan fingerprint density at radius 1 is 1.00 bits per heavy atom. The Morgan fingerprint density at radius 3 is 2.61 bits per heavy atom. The minimum atomic E-state index is 0.103. The number of furan rings is 1. The summed E-state index contributed by atoms with van der Waals surface area (Å²) >= 11 is 6.63. The van der Waals surface area contributed by atoms with Crippen molar-refractivity contribution in [2.75, 3.05) is 5.01 Å². The predicted molar refractivity (Wildman–Crippen MR) is 115 cm³/mol. The van der Waals surface area contributed by atoms with E-state index in [1.54, 1.807) is 6.26 Å². The third kappa shape index (κ3) is 3.06. The van der Waals surface area contributed by atoms with Gasteiger partial charge in [0.1, 0.15) is 5.76 Å². The number of benzene rings is 2. The average Bonchev–Trinajstić information content (AvgIpc) is 3.37. The number of hydrogen-bond acceptors (Lipinski definition) is 3. The number of hydrazone groups is 1. The zero-order chi connectivity index (χ0) is 18.9. The van der Waals surface area contributed by atoms with Gasteiger partial charge in [-0.3, -0.25) is 5.01 Å². The lowest BCUT2D eigenvalue weighted by atomic mass is 9.77. The number of halogens is 1. The van der Waals surface area contributed by atoms with Crippen LogP contribution in [-0.4, -0.2) is 5.71 Å². The Labute approximate surface area is 169 Å². The van der Waals surface area contributed by atoms with Gasteiger partial charge >= 0.3 is 0 Å². The highest BCUT2D eigenvalue weighted by Gasteiger charge is 2.42. The molecule has 0 spiro atoms.